The normalized spacial score (nSPS) is 10.4. The highest BCUT2D eigenvalue weighted by Gasteiger charge is 2.06. The lowest BCUT2D eigenvalue weighted by molar-refractivity contribution is 0.0979. The molecular formula is C14H21NO. The summed E-state index contributed by atoms with van der Waals surface area (Å²) in [6.07, 6.45) is 5.18. The zero-order valence-electron chi connectivity index (χ0n) is 10.3. The van der Waals surface area contributed by atoms with Crippen LogP contribution in [0, 0.1) is 6.92 Å². The minimum absolute atomic E-state index is 0.211. The number of unbranched alkanes of at least 4 members (excludes halogenated alkanes) is 3. The summed E-state index contributed by atoms with van der Waals surface area (Å²) < 4.78 is 0. The van der Waals surface area contributed by atoms with Crippen molar-refractivity contribution in [1.29, 1.82) is 0 Å². The molecule has 0 atom stereocenters. The monoisotopic (exact) mass is 219 g/mol. The van der Waals surface area contributed by atoms with Crippen molar-refractivity contribution in [2.45, 2.75) is 46.0 Å². The van der Waals surface area contributed by atoms with Crippen LogP contribution >= 0.6 is 0 Å². The van der Waals surface area contributed by atoms with Gasteiger partial charge in [-0.15, -0.1) is 0 Å². The van der Waals surface area contributed by atoms with E-state index in [4.69, 9.17) is 5.73 Å². The number of ketones is 1. The Kier molecular flexibility index (Phi) is 5.03. The number of aryl methyl sites for hydroxylation is 1. The standard InChI is InChI=1S/C14H21NO/c1-3-4-5-6-7-14(16)12-9-8-11(2)13(15)10-12/h8-10H,3-7,15H2,1-2H3. The molecule has 0 fully saturated rings. The molecule has 0 bridgehead atoms. The van der Waals surface area contributed by atoms with Crippen LogP contribution in [0.3, 0.4) is 0 Å². The number of Topliss-reactive ketones (excluding diaryl/α,β-unsaturated/α-hetero) is 1. The van der Waals surface area contributed by atoms with Crippen molar-refractivity contribution < 1.29 is 4.79 Å². The second-order valence-electron chi connectivity index (χ2n) is 4.31. The van der Waals surface area contributed by atoms with E-state index in [2.05, 4.69) is 6.92 Å². The molecule has 2 nitrogen and oxygen atoms in total. The predicted octanol–water partition coefficient (Wildman–Crippen LogP) is 3.73. The van der Waals surface area contributed by atoms with Gasteiger partial charge in [0.05, 0.1) is 0 Å². The lowest BCUT2D eigenvalue weighted by Crippen LogP contribution is -2.01. The van der Waals surface area contributed by atoms with Crippen LogP contribution < -0.4 is 5.73 Å². The van der Waals surface area contributed by atoms with Crippen molar-refractivity contribution in [3.05, 3.63) is 29.3 Å². The highest BCUT2D eigenvalue weighted by atomic mass is 16.1. The Bertz CT molecular complexity index is 358. The molecule has 1 aromatic rings. The van der Waals surface area contributed by atoms with Crippen LogP contribution in [-0.2, 0) is 0 Å². The molecule has 0 heterocycles. The first-order chi connectivity index (χ1) is 7.65. The second-order valence-corrected chi connectivity index (χ2v) is 4.31. The van der Waals surface area contributed by atoms with Crippen LogP contribution in [0.1, 0.15) is 54.9 Å². The Morgan fingerprint density at radius 1 is 1.25 bits per heavy atom. The van der Waals surface area contributed by atoms with Gasteiger partial charge in [-0.3, -0.25) is 4.79 Å². The lowest BCUT2D eigenvalue weighted by atomic mass is 10.0. The Labute approximate surface area is 97.9 Å². The first-order valence-corrected chi connectivity index (χ1v) is 6.04. The van der Waals surface area contributed by atoms with Crippen molar-refractivity contribution in [3.63, 3.8) is 0 Å². The SMILES string of the molecule is CCCCCCC(=O)c1ccc(C)c(N)c1. The number of hydrogen-bond acceptors (Lipinski definition) is 2. The van der Waals surface area contributed by atoms with Crippen LogP contribution in [0.25, 0.3) is 0 Å². The number of nitrogen functional groups attached to an aromatic ring is 1. The van der Waals surface area contributed by atoms with Gasteiger partial charge >= 0.3 is 0 Å². The van der Waals surface area contributed by atoms with Gasteiger partial charge < -0.3 is 5.73 Å². The zero-order valence-corrected chi connectivity index (χ0v) is 10.3. The molecule has 1 rings (SSSR count). The van der Waals surface area contributed by atoms with Gasteiger partial charge in [0.15, 0.2) is 5.78 Å². The zero-order chi connectivity index (χ0) is 12.0. The Hall–Kier alpha value is -1.31. The summed E-state index contributed by atoms with van der Waals surface area (Å²) >= 11 is 0. The Balaban J connectivity index is 2.50. The molecule has 88 valence electrons. The van der Waals surface area contributed by atoms with Crippen LogP contribution in [0.2, 0.25) is 0 Å². The van der Waals surface area contributed by atoms with Crippen LogP contribution in [0.5, 0.6) is 0 Å². The van der Waals surface area contributed by atoms with Crippen molar-refractivity contribution in [3.8, 4) is 0 Å². The summed E-state index contributed by atoms with van der Waals surface area (Å²) in [4.78, 5) is 11.8. The average molecular weight is 219 g/mol. The highest BCUT2D eigenvalue weighted by molar-refractivity contribution is 5.96. The van der Waals surface area contributed by atoms with Crippen molar-refractivity contribution in [2.75, 3.05) is 5.73 Å². The van der Waals surface area contributed by atoms with Crippen LogP contribution in [-0.4, -0.2) is 5.78 Å². The number of carbonyl (C=O) groups excluding carboxylic acids is 1. The van der Waals surface area contributed by atoms with Crippen molar-refractivity contribution >= 4 is 11.5 Å². The molecule has 2 heteroatoms. The summed E-state index contributed by atoms with van der Waals surface area (Å²) in [5.41, 5.74) is 8.27. The number of rotatable bonds is 6. The summed E-state index contributed by atoms with van der Waals surface area (Å²) in [6.45, 7) is 4.12. The van der Waals surface area contributed by atoms with Crippen LogP contribution in [0.15, 0.2) is 18.2 Å². The first-order valence-electron chi connectivity index (χ1n) is 6.04. The molecular weight excluding hydrogens is 198 g/mol. The summed E-state index contributed by atoms with van der Waals surface area (Å²) in [5, 5.41) is 0. The largest absolute Gasteiger partial charge is 0.398 e. The fourth-order valence-electron chi connectivity index (χ4n) is 1.67. The smallest absolute Gasteiger partial charge is 0.162 e. The number of anilines is 1. The van der Waals surface area contributed by atoms with Gasteiger partial charge in [-0.05, 0) is 25.0 Å². The molecule has 0 unspecified atom stereocenters. The summed E-state index contributed by atoms with van der Waals surface area (Å²) in [7, 11) is 0. The van der Waals surface area contributed by atoms with E-state index in [1.807, 2.05) is 19.1 Å². The van der Waals surface area contributed by atoms with Gasteiger partial charge in [-0.25, -0.2) is 0 Å². The van der Waals surface area contributed by atoms with Gasteiger partial charge in [-0.1, -0.05) is 38.3 Å². The predicted molar refractivity (Wildman–Crippen MR) is 68.7 cm³/mol. The van der Waals surface area contributed by atoms with E-state index < -0.39 is 0 Å². The van der Waals surface area contributed by atoms with Crippen molar-refractivity contribution in [2.24, 2.45) is 0 Å². The summed E-state index contributed by atoms with van der Waals surface area (Å²) in [6, 6.07) is 5.57. The lowest BCUT2D eigenvalue weighted by Gasteiger charge is -2.04. The molecule has 0 saturated carbocycles. The molecule has 0 aromatic heterocycles. The molecule has 0 aliphatic heterocycles. The minimum atomic E-state index is 0.211. The van der Waals surface area contributed by atoms with E-state index in [-0.39, 0.29) is 5.78 Å². The highest BCUT2D eigenvalue weighted by Crippen LogP contribution is 2.15. The molecule has 0 aliphatic carbocycles. The van der Waals surface area contributed by atoms with Crippen molar-refractivity contribution in [1.82, 2.24) is 0 Å². The molecule has 2 N–H and O–H groups in total. The number of nitrogens with two attached hydrogens (primary N) is 1. The fourth-order valence-corrected chi connectivity index (χ4v) is 1.67. The van der Waals surface area contributed by atoms with Gasteiger partial charge in [0.1, 0.15) is 0 Å². The molecule has 16 heavy (non-hydrogen) atoms. The van der Waals surface area contributed by atoms with Gasteiger partial charge in [0, 0.05) is 17.7 Å². The van der Waals surface area contributed by atoms with Gasteiger partial charge in [0.2, 0.25) is 0 Å². The molecule has 0 spiro atoms. The summed E-state index contributed by atoms with van der Waals surface area (Å²) in [5.74, 6) is 0.211. The molecule has 0 aliphatic rings. The van der Waals surface area contributed by atoms with E-state index in [1.54, 1.807) is 6.07 Å². The molecule has 0 radical (unpaired) electrons. The number of hydrogen-bond donors (Lipinski definition) is 1. The van der Waals surface area contributed by atoms with E-state index in [0.717, 1.165) is 24.0 Å². The topological polar surface area (TPSA) is 43.1 Å². The van der Waals surface area contributed by atoms with E-state index in [0.29, 0.717) is 12.1 Å². The molecule has 0 amide bonds. The number of carbonyl (C=O) groups is 1. The van der Waals surface area contributed by atoms with Gasteiger partial charge in [-0.2, -0.15) is 0 Å². The quantitative estimate of drug-likeness (QED) is 0.450. The number of benzene rings is 1. The second kappa shape index (κ2) is 6.31. The van der Waals surface area contributed by atoms with E-state index >= 15 is 0 Å². The Morgan fingerprint density at radius 3 is 2.62 bits per heavy atom. The van der Waals surface area contributed by atoms with Crippen LogP contribution in [0.4, 0.5) is 5.69 Å². The minimum Gasteiger partial charge on any atom is -0.398 e. The maximum atomic E-state index is 11.8. The third kappa shape index (κ3) is 3.69. The van der Waals surface area contributed by atoms with E-state index in [1.165, 1.54) is 12.8 Å². The average Bonchev–Trinajstić information content (AvgIpc) is 2.28. The maximum Gasteiger partial charge on any atom is 0.162 e. The first kappa shape index (κ1) is 12.8. The third-order valence-corrected chi connectivity index (χ3v) is 2.86. The Morgan fingerprint density at radius 2 is 2.00 bits per heavy atom. The maximum absolute atomic E-state index is 11.8. The fraction of sp³-hybridized carbons (Fsp3) is 0.500. The molecule has 1 aromatic carbocycles. The third-order valence-electron chi connectivity index (χ3n) is 2.86. The van der Waals surface area contributed by atoms with Gasteiger partial charge in [0.25, 0.3) is 0 Å². The molecule has 0 saturated heterocycles. The van der Waals surface area contributed by atoms with E-state index in [9.17, 15) is 4.79 Å².